The fraction of sp³-hybridized carbons (Fsp3) is 0.424. The summed E-state index contributed by atoms with van der Waals surface area (Å²) >= 11 is 0. The van der Waals surface area contributed by atoms with Gasteiger partial charge in [0.15, 0.2) is 5.78 Å². The largest absolute Gasteiger partial charge is 0.399 e. The Bertz CT molecular complexity index is 1390. The van der Waals surface area contributed by atoms with Crippen LogP contribution in [0.25, 0.3) is 0 Å². The molecule has 0 aromatic heterocycles. The number of alkyl halides is 3. The first-order valence-electron chi connectivity index (χ1n) is 14.7. The molecule has 7 nitrogen and oxygen atoms in total. The fourth-order valence-electron chi connectivity index (χ4n) is 5.72. The molecule has 0 aliphatic heterocycles. The molecule has 3 atom stereocenters. The van der Waals surface area contributed by atoms with Crippen LogP contribution in [0.15, 0.2) is 89.8 Å². The molecule has 0 unspecified atom stereocenters. The molecule has 0 aliphatic carbocycles. The number of ketones is 1. The van der Waals surface area contributed by atoms with Crippen molar-refractivity contribution < 1.29 is 31.5 Å². The Labute approximate surface area is 270 Å². The number of carbonyl (C=O) groups excluding carboxylic acids is 1. The zero-order chi connectivity index (χ0) is 32.5. The normalized spacial score (nSPS) is 14.3. The number of nitrogens with two attached hydrogens (primary N) is 1. The Morgan fingerprint density at radius 1 is 0.911 bits per heavy atom. The second-order valence-corrected chi connectivity index (χ2v) is 13.1. The summed E-state index contributed by atoms with van der Waals surface area (Å²) in [7, 11) is -2.50. The number of Topliss-reactive ketones (excluding diaryl/α,β-unsaturated/α-hetero) is 1. The molecule has 45 heavy (non-hydrogen) atoms. The first kappa shape index (κ1) is 38.2. The maximum atomic E-state index is 14.3. The molecule has 0 saturated heterocycles. The van der Waals surface area contributed by atoms with Crippen LogP contribution in [0.4, 0.5) is 18.9 Å². The first-order valence-corrected chi connectivity index (χ1v) is 16.1. The fourth-order valence-corrected chi connectivity index (χ4v) is 7.56. The van der Waals surface area contributed by atoms with Crippen LogP contribution in [0, 0.1) is 5.92 Å². The molecule has 3 aromatic carbocycles. The number of nitrogens with one attached hydrogen (secondary N) is 1. The highest BCUT2D eigenvalue weighted by Crippen LogP contribution is 2.36. The van der Waals surface area contributed by atoms with Crippen molar-refractivity contribution in [1.82, 2.24) is 9.62 Å². The Hall–Kier alpha value is -2.96. The van der Waals surface area contributed by atoms with Crippen molar-refractivity contribution in [1.29, 1.82) is 0 Å². The highest BCUT2D eigenvalue weighted by molar-refractivity contribution is 7.89. The number of aliphatic hydroxyl groups excluding tert-OH is 1. The maximum Gasteiger partial charge on any atom is 0.392 e. The molecule has 0 fully saturated rings. The van der Waals surface area contributed by atoms with Gasteiger partial charge in [-0.3, -0.25) is 4.79 Å². The minimum absolute atomic E-state index is 0. The lowest BCUT2D eigenvalue weighted by Gasteiger charge is -2.33. The smallest absolute Gasteiger partial charge is 0.392 e. The molecular formula is C33H43ClF3N3O4S. The van der Waals surface area contributed by atoms with E-state index in [4.69, 9.17) is 5.73 Å². The zero-order valence-corrected chi connectivity index (χ0v) is 27.3. The van der Waals surface area contributed by atoms with Crippen LogP contribution in [0.2, 0.25) is 0 Å². The van der Waals surface area contributed by atoms with E-state index in [9.17, 15) is 31.5 Å². The maximum absolute atomic E-state index is 14.3. The van der Waals surface area contributed by atoms with E-state index in [0.717, 1.165) is 15.4 Å². The number of aliphatic hydroxyl groups is 1. The number of likely N-dealkylation sites (N-methyl/N-ethyl adjacent to an activating group) is 1. The molecule has 0 radical (unpaired) electrons. The van der Waals surface area contributed by atoms with Crippen LogP contribution >= 0.6 is 12.4 Å². The monoisotopic (exact) mass is 669 g/mol. The van der Waals surface area contributed by atoms with Gasteiger partial charge in [0.25, 0.3) is 0 Å². The van der Waals surface area contributed by atoms with Crippen LogP contribution in [0.5, 0.6) is 0 Å². The Balaban J connectivity index is 0.00000705. The van der Waals surface area contributed by atoms with Crippen LogP contribution in [0.1, 0.15) is 56.6 Å². The number of halogens is 4. The summed E-state index contributed by atoms with van der Waals surface area (Å²) in [5.74, 6) is -3.00. The number of nitrogens with zero attached hydrogens (tertiary/aromatic N) is 1. The minimum atomic E-state index is -4.65. The number of hydrogen-bond donors (Lipinski definition) is 3. The van der Waals surface area contributed by atoms with Crippen molar-refractivity contribution in [2.75, 3.05) is 19.4 Å². The number of sulfonamides is 1. The van der Waals surface area contributed by atoms with E-state index in [1.807, 2.05) is 60.7 Å². The van der Waals surface area contributed by atoms with E-state index in [2.05, 4.69) is 5.32 Å². The SMILES string of the molecule is CN[C@H](C(=O)C[C@H](CCC[C@@H](CO)N(C(C)C)S(=O)(=O)c1ccc(N)cc1)C(F)(F)F)C(c1ccccc1)c1ccccc1.Cl. The molecule has 0 saturated carbocycles. The minimum Gasteiger partial charge on any atom is -0.399 e. The third kappa shape index (κ3) is 10.0. The van der Waals surface area contributed by atoms with E-state index >= 15 is 0 Å². The molecule has 0 bridgehead atoms. The topological polar surface area (TPSA) is 113 Å². The van der Waals surface area contributed by atoms with Gasteiger partial charge in [0, 0.05) is 30.1 Å². The number of nitrogen functional groups attached to an aromatic ring is 1. The van der Waals surface area contributed by atoms with Crippen LogP contribution in [-0.4, -0.2) is 61.6 Å². The van der Waals surface area contributed by atoms with Gasteiger partial charge < -0.3 is 16.2 Å². The molecule has 4 N–H and O–H groups in total. The van der Waals surface area contributed by atoms with Crippen molar-refractivity contribution in [2.45, 2.75) is 74.6 Å². The molecule has 3 rings (SSSR count). The van der Waals surface area contributed by atoms with Gasteiger partial charge >= 0.3 is 6.18 Å². The number of benzene rings is 3. The molecule has 248 valence electrons. The molecule has 0 amide bonds. The number of hydrogen-bond acceptors (Lipinski definition) is 6. The van der Waals surface area contributed by atoms with Crippen LogP contribution in [-0.2, 0) is 14.8 Å². The van der Waals surface area contributed by atoms with Gasteiger partial charge in [-0.1, -0.05) is 67.1 Å². The standard InChI is InChI=1S/C33H42F3N3O4S.ClH/c1-23(2)39(44(42,43)29-19-17-27(37)18-20-29)28(22-40)16-10-15-26(33(34,35)36)21-30(41)32(38-3)31(24-11-6-4-7-12-24)25-13-8-5-9-14-25;/h4-9,11-14,17-20,23,26,28,31-32,38,40H,10,15-16,21-22,37H2,1-3H3;1H/t26-,28-,32+;/m0./s1. The Kier molecular flexibility index (Phi) is 14.5. The highest BCUT2D eigenvalue weighted by Gasteiger charge is 2.43. The van der Waals surface area contributed by atoms with E-state index < -0.39 is 71.4 Å². The summed E-state index contributed by atoms with van der Waals surface area (Å²) in [6.45, 7) is 2.71. The summed E-state index contributed by atoms with van der Waals surface area (Å²) in [5.41, 5.74) is 7.68. The van der Waals surface area contributed by atoms with E-state index in [-0.39, 0.29) is 30.1 Å². The van der Waals surface area contributed by atoms with Crippen molar-refractivity contribution >= 4 is 33.9 Å². The Morgan fingerprint density at radius 3 is 1.84 bits per heavy atom. The van der Waals surface area contributed by atoms with Gasteiger partial charge in [-0.2, -0.15) is 17.5 Å². The van der Waals surface area contributed by atoms with Crippen molar-refractivity contribution in [3.05, 3.63) is 96.1 Å². The van der Waals surface area contributed by atoms with Gasteiger partial charge in [-0.05, 0) is 69.1 Å². The lowest BCUT2D eigenvalue weighted by molar-refractivity contribution is -0.181. The second-order valence-electron chi connectivity index (χ2n) is 11.2. The second kappa shape index (κ2) is 17.1. The van der Waals surface area contributed by atoms with Crippen molar-refractivity contribution in [3.63, 3.8) is 0 Å². The van der Waals surface area contributed by atoms with E-state index in [0.29, 0.717) is 5.69 Å². The van der Waals surface area contributed by atoms with Gasteiger partial charge in [-0.25, -0.2) is 8.42 Å². The molecule has 0 heterocycles. The average molecular weight is 670 g/mol. The molecule has 0 aliphatic rings. The Morgan fingerprint density at radius 2 is 1.42 bits per heavy atom. The lowest BCUT2D eigenvalue weighted by atomic mass is 9.80. The predicted octanol–water partition coefficient (Wildman–Crippen LogP) is 6.18. The molecule has 12 heteroatoms. The van der Waals surface area contributed by atoms with Gasteiger partial charge in [0.1, 0.15) is 0 Å². The van der Waals surface area contributed by atoms with Crippen LogP contribution < -0.4 is 11.1 Å². The van der Waals surface area contributed by atoms with E-state index in [1.165, 1.54) is 24.3 Å². The number of carbonyl (C=O) groups is 1. The summed E-state index contributed by atoms with van der Waals surface area (Å²) in [6.07, 6.45) is -5.83. The quantitative estimate of drug-likeness (QED) is 0.157. The third-order valence-corrected chi connectivity index (χ3v) is 9.99. The molecular weight excluding hydrogens is 627 g/mol. The third-order valence-electron chi connectivity index (χ3n) is 7.84. The zero-order valence-electron chi connectivity index (χ0n) is 25.7. The number of anilines is 1. The summed E-state index contributed by atoms with van der Waals surface area (Å²) in [5, 5.41) is 13.1. The average Bonchev–Trinajstić information content (AvgIpc) is 2.98. The summed E-state index contributed by atoms with van der Waals surface area (Å²) in [4.78, 5) is 13.6. The van der Waals surface area contributed by atoms with Gasteiger partial charge in [0.2, 0.25) is 10.0 Å². The van der Waals surface area contributed by atoms with Crippen molar-refractivity contribution in [2.24, 2.45) is 5.92 Å². The summed E-state index contributed by atoms with van der Waals surface area (Å²) in [6, 6.07) is 21.6. The number of rotatable bonds is 16. The van der Waals surface area contributed by atoms with Crippen LogP contribution in [0.3, 0.4) is 0 Å². The van der Waals surface area contributed by atoms with E-state index in [1.54, 1.807) is 20.9 Å². The van der Waals surface area contributed by atoms with Gasteiger partial charge in [-0.15, -0.1) is 12.4 Å². The highest BCUT2D eigenvalue weighted by atomic mass is 35.5. The van der Waals surface area contributed by atoms with Crippen molar-refractivity contribution in [3.8, 4) is 0 Å². The summed E-state index contributed by atoms with van der Waals surface area (Å²) < 4.78 is 70.9. The first-order chi connectivity index (χ1) is 20.8. The molecule has 3 aromatic rings. The lowest BCUT2D eigenvalue weighted by Crippen LogP contribution is -2.46. The van der Waals surface area contributed by atoms with Gasteiger partial charge in [0.05, 0.1) is 23.5 Å². The predicted molar refractivity (Wildman–Crippen MR) is 174 cm³/mol. The molecule has 0 spiro atoms.